The number of nitrogens with zero attached hydrogens (tertiary/aromatic N) is 3. The molecule has 0 aliphatic carbocycles. The number of rotatable bonds is 5. The van der Waals surface area contributed by atoms with E-state index < -0.39 is 0 Å². The van der Waals surface area contributed by atoms with Crippen molar-refractivity contribution in [2.24, 2.45) is 0 Å². The predicted octanol–water partition coefficient (Wildman–Crippen LogP) is 8.59. The average molecular weight is 712 g/mol. The molecule has 0 spiro atoms. The first-order valence-electron chi connectivity index (χ1n) is 14.0. The first-order valence-corrected chi connectivity index (χ1v) is 13.0. The summed E-state index contributed by atoms with van der Waals surface area (Å²) >= 11 is 0. The maximum absolute atomic E-state index is 10.8. The summed E-state index contributed by atoms with van der Waals surface area (Å²) < 4.78 is 18.9. The fourth-order valence-electron chi connectivity index (χ4n) is 5.03. The Morgan fingerprint density at radius 2 is 1.41 bits per heavy atom. The van der Waals surface area contributed by atoms with Crippen LogP contribution in [0.25, 0.3) is 61.6 Å². The molecule has 0 bridgehead atoms. The standard InChI is InChI=1S/C36H24N3O.Pt/c40-34-20-8-7-17-31(34)36-38-35-30(18-10-19-33(35)39(36)29-15-5-2-6-16-29)27-13-9-14-28(23-27)32-24-26(21-22-37-32)25-11-3-1-4-12-25;/h1-22,24,40H;/q-1;/i17D,22D;. The molecule has 0 aliphatic rings. The van der Waals surface area contributed by atoms with Crippen LogP contribution in [0.4, 0.5) is 0 Å². The first kappa shape index (κ1) is 24.0. The number of hydrogen-bond donors (Lipinski definition) is 1. The number of phenols is 1. The zero-order valence-corrected chi connectivity index (χ0v) is 24.0. The van der Waals surface area contributed by atoms with Crippen molar-refractivity contribution in [2.45, 2.75) is 0 Å². The van der Waals surface area contributed by atoms with Crippen LogP contribution >= 0.6 is 0 Å². The van der Waals surface area contributed by atoms with Crippen LogP contribution in [0.1, 0.15) is 2.74 Å². The molecule has 0 atom stereocenters. The van der Waals surface area contributed by atoms with Gasteiger partial charge in [-0.05, 0) is 47.5 Å². The molecule has 0 aliphatic heterocycles. The molecule has 41 heavy (non-hydrogen) atoms. The first-order chi connectivity index (χ1) is 20.6. The van der Waals surface area contributed by atoms with E-state index in [1.807, 2.05) is 108 Å². The Morgan fingerprint density at radius 3 is 2.22 bits per heavy atom. The van der Waals surface area contributed by atoms with E-state index in [0.29, 0.717) is 17.1 Å². The van der Waals surface area contributed by atoms with Gasteiger partial charge in [-0.1, -0.05) is 90.0 Å². The quantitative estimate of drug-likeness (QED) is 0.182. The Kier molecular flexibility index (Phi) is 6.66. The average Bonchev–Trinajstić information content (AvgIpc) is 3.41. The van der Waals surface area contributed by atoms with Gasteiger partial charge in [-0.3, -0.25) is 9.55 Å². The second-order valence-corrected chi connectivity index (χ2v) is 9.42. The fourth-order valence-corrected chi connectivity index (χ4v) is 5.03. The molecular weight excluding hydrogens is 685 g/mol. The van der Waals surface area contributed by atoms with Crippen molar-refractivity contribution in [1.82, 2.24) is 14.5 Å². The summed E-state index contributed by atoms with van der Waals surface area (Å²) in [6.07, 6.45) is 0.187. The van der Waals surface area contributed by atoms with E-state index in [0.717, 1.165) is 44.5 Å². The molecule has 0 saturated heterocycles. The van der Waals surface area contributed by atoms with E-state index in [1.165, 1.54) is 0 Å². The molecule has 0 radical (unpaired) electrons. The van der Waals surface area contributed by atoms with Gasteiger partial charge in [-0.2, -0.15) is 0 Å². The summed E-state index contributed by atoms with van der Waals surface area (Å²) in [5.41, 5.74) is 7.86. The van der Waals surface area contributed by atoms with Crippen molar-refractivity contribution in [3.8, 4) is 56.3 Å². The van der Waals surface area contributed by atoms with Gasteiger partial charge in [-0.15, -0.1) is 29.8 Å². The van der Waals surface area contributed by atoms with Gasteiger partial charge in [0.15, 0.2) is 0 Å². The minimum absolute atomic E-state index is 0. The number of aromatic nitrogens is 3. The van der Waals surface area contributed by atoms with Crippen molar-refractivity contribution in [2.75, 3.05) is 0 Å². The van der Waals surface area contributed by atoms with Gasteiger partial charge in [0.25, 0.3) is 0 Å². The maximum atomic E-state index is 10.8. The van der Waals surface area contributed by atoms with E-state index in [9.17, 15) is 5.11 Å². The molecule has 5 aromatic carbocycles. The third kappa shape index (κ3) is 4.99. The second-order valence-electron chi connectivity index (χ2n) is 9.42. The van der Waals surface area contributed by atoms with Crippen LogP contribution in [0, 0.1) is 6.07 Å². The molecule has 2 aromatic heterocycles. The third-order valence-electron chi connectivity index (χ3n) is 6.92. The molecule has 200 valence electrons. The van der Waals surface area contributed by atoms with Crippen molar-refractivity contribution in [1.29, 1.82) is 0 Å². The molecule has 0 amide bonds. The predicted molar refractivity (Wildman–Crippen MR) is 161 cm³/mol. The Balaban J connectivity index is 0.00000329. The molecule has 5 heteroatoms. The Bertz CT molecular complexity index is 2060. The number of para-hydroxylation sites is 3. The van der Waals surface area contributed by atoms with Gasteiger partial charge in [0, 0.05) is 38.6 Å². The van der Waals surface area contributed by atoms with Crippen molar-refractivity contribution in [3.05, 3.63) is 146 Å². The minimum atomic E-state index is 0. The molecule has 7 aromatic rings. The van der Waals surface area contributed by atoms with E-state index in [2.05, 4.69) is 11.1 Å². The molecule has 0 saturated carbocycles. The number of hydrogen-bond acceptors (Lipinski definition) is 3. The maximum Gasteiger partial charge on any atom is 0.148 e. The molecular formula is C36H24N3OPt-. The number of benzene rings is 5. The molecule has 4 nitrogen and oxygen atoms in total. The zero-order valence-electron chi connectivity index (χ0n) is 23.7. The van der Waals surface area contributed by atoms with Gasteiger partial charge in [0.05, 0.1) is 19.3 Å². The van der Waals surface area contributed by atoms with Crippen LogP contribution < -0.4 is 0 Å². The summed E-state index contributed by atoms with van der Waals surface area (Å²) in [5.74, 6) is 0.486. The smallest absolute Gasteiger partial charge is 0.148 e. The number of pyridine rings is 1. The largest absolute Gasteiger partial charge is 0.507 e. The van der Waals surface area contributed by atoms with Crippen molar-refractivity contribution >= 4 is 11.0 Å². The second kappa shape index (κ2) is 11.4. The summed E-state index contributed by atoms with van der Waals surface area (Å²) in [6, 6.07) is 44.0. The number of phenolic OH excluding ortho intramolecular Hbond substituents is 1. The summed E-state index contributed by atoms with van der Waals surface area (Å²) in [6.45, 7) is 0. The minimum Gasteiger partial charge on any atom is -0.507 e. The monoisotopic (exact) mass is 711 g/mol. The van der Waals surface area contributed by atoms with Crippen molar-refractivity contribution in [3.63, 3.8) is 0 Å². The summed E-state index contributed by atoms with van der Waals surface area (Å²) in [5, 5.41) is 10.8. The van der Waals surface area contributed by atoms with Crippen LogP contribution in [0.2, 0.25) is 0 Å². The van der Waals surface area contributed by atoms with Crippen LogP contribution in [-0.4, -0.2) is 19.6 Å². The molecule has 1 N–H and O–H groups in total. The summed E-state index contributed by atoms with van der Waals surface area (Å²) in [4.78, 5) is 9.56. The molecule has 0 fully saturated rings. The Morgan fingerprint density at radius 1 is 0.683 bits per heavy atom. The van der Waals surface area contributed by atoms with E-state index in [-0.39, 0.29) is 39.0 Å². The van der Waals surface area contributed by atoms with E-state index in [1.54, 1.807) is 24.3 Å². The van der Waals surface area contributed by atoms with Gasteiger partial charge < -0.3 is 5.11 Å². The summed E-state index contributed by atoms with van der Waals surface area (Å²) in [7, 11) is 0. The molecule has 7 rings (SSSR count). The van der Waals surface area contributed by atoms with Gasteiger partial charge in [0.2, 0.25) is 0 Å². The Hall–Kier alpha value is -4.79. The molecule has 0 unspecified atom stereocenters. The normalized spacial score (nSPS) is 11.5. The number of imidazole rings is 1. The molecule has 2 heterocycles. The third-order valence-corrected chi connectivity index (χ3v) is 6.92. The van der Waals surface area contributed by atoms with E-state index in [4.69, 9.17) is 7.73 Å². The van der Waals surface area contributed by atoms with Gasteiger partial charge >= 0.3 is 0 Å². The van der Waals surface area contributed by atoms with Gasteiger partial charge in [-0.25, -0.2) is 4.98 Å². The van der Waals surface area contributed by atoms with Crippen LogP contribution in [0.15, 0.2) is 140 Å². The van der Waals surface area contributed by atoms with Gasteiger partial charge in [0.1, 0.15) is 11.6 Å². The SMILES string of the molecule is [2H]c1cc(-c2ccccc2)cc(-c2[c-]c(-c3cccc4c3nc(-c3c([2H])cccc3O)n4-c3ccccc3)ccc2)n1.[Pt]. The van der Waals surface area contributed by atoms with E-state index >= 15 is 0 Å². The van der Waals surface area contributed by atoms with Crippen molar-refractivity contribution < 1.29 is 28.9 Å². The van der Waals surface area contributed by atoms with Crippen LogP contribution in [-0.2, 0) is 21.1 Å². The van der Waals surface area contributed by atoms with Crippen LogP contribution in [0.5, 0.6) is 5.75 Å². The number of fused-ring (bicyclic) bond motifs is 1. The Labute approximate surface area is 255 Å². The number of aromatic hydroxyl groups is 1. The fraction of sp³-hybridized carbons (Fsp3) is 0. The zero-order chi connectivity index (χ0) is 28.6. The topological polar surface area (TPSA) is 50.9 Å². The van der Waals surface area contributed by atoms with Crippen LogP contribution in [0.3, 0.4) is 0 Å².